The highest BCUT2D eigenvalue weighted by molar-refractivity contribution is 6.20. The van der Waals surface area contributed by atoms with Crippen LogP contribution in [0.5, 0.6) is 0 Å². The molecule has 8 heterocycles. The van der Waals surface area contributed by atoms with Crippen molar-refractivity contribution in [2.24, 2.45) is 20.0 Å². The van der Waals surface area contributed by atoms with Gasteiger partial charge in [-0.25, -0.2) is 0 Å². The normalized spacial score (nSPS) is 17.6. The number of nitrogens with zero attached hydrogens (tertiary/aromatic N) is 8. The highest BCUT2D eigenvalue weighted by Gasteiger charge is 2.69. The van der Waals surface area contributed by atoms with Crippen LogP contribution in [0, 0.1) is 0 Å². The second-order valence-electron chi connectivity index (χ2n) is 11.2. The number of benzene rings is 4. The fourth-order valence-electron chi connectivity index (χ4n) is 7.88. The van der Waals surface area contributed by atoms with Crippen molar-refractivity contribution in [1.29, 1.82) is 0 Å². The van der Waals surface area contributed by atoms with Gasteiger partial charge in [0.05, 0.1) is 22.3 Å². The molecule has 0 aliphatic carbocycles. The van der Waals surface area contributed by atoms with E-state index in [9.17, 15) is 0 Å². The van der Waals surface area contributed by atoms with Crippen LogP contribution in [0.25, 0.3) is 21.5 Å². The zero-order chi connectivity index (χ0) is 26.2. The summed E-state index contributed by atoms with van der Waals surface area (Å²) in [6, 6.07) is 34.0. The summed E-state index contributed by atoms with van der Waals surface area (Å²) in [6.07, 6.45) is 0. The van der Waals surface area contributed by atoms with Gasteiger partial charge in [0.1, 0.15) is 0 Å². The van der Waals surface area contributed by atoms with Crippen molar-refractivity contribution in [2.75, 3.05) is 0 Å². The van der Waals surface area contributed by atoms with E-state index in [1.54, 1.807) is 0 Å². The molecule has 0 bridgehead atoms. The minimum absolute atomic E-state index is 0. The molecule has 0 atom stereocenters. The molecule has 4 aromatic carbocycles. The molecule has 1 spiro atoms. The van der Waals surface area contributed by atoms with Gasteiger partial charge >= 0.3 is 5.91 Å². The monoisotopic (exact) mass is 554 g/mol. The van der Waals surface area contributed by atoms with E-state index < -0.39 is 5.91 Å². The third kappa shape index (κ3) is 2.11. The molecular formula is C34H22BN8+2. The third-order valence-electron chi connectivity index (χ3n) is 9.38. The third-order valence-corrected chi connectivity index (χ3v) is 9.38. The lowest BCUT2D eigenvalue weighted by Gasteiger charge is -2.40. The molecule has 2 aromatic heterocycles. The second kappa shape index (κ2) is 7.02. The molecule has 8 nitrogen and oxygen atoms in total. The largest absolute Gasteiger partial charge is 0.404 e. The van der Waals surface area contributed by atoms with E-state index in [2.05, 4.69) is 115 Å². The summed E-state index contributed by atoms with van der Waals surface area (Å²) in [5.41, 5.74) is 6.13. The molecule has 6 aliphatic rings. The Labute approximate surface area is 248 Å². The number of hydrogen-bond donors (Lipinski definition) is 0. The lowest BCUT2D eigenvalue weighted by atomic mass is 10.1. The summed E-state index contributed by atoms with van der Waals surface area (Å²) >= 11 is 0. The number of hydrogen-bond acceptors (Lipinski definition) is 4. The average Bonchev–Trinajstić information content (AvgIpc) is 3.74. The van der Waals surface area contributed by atoms with E-state index >= 15 is 0 Å². The van der Waals surface area contributed by atoms with E-state index in [0.29, 0.717) is 0 Å². The maximum Gasteiger partial charge on any atom is 0.404 e. The first-order chi connectivity index (χ1) is 20.4. The van der Waals surface area contributed by atoms with Crippen molar-refractivity contribution < 1.29 is 10.6 Å². The molecular weight excluding hydrogens is 531 g/mol. The van der Waals surface area contributed by atoms with Crippen LogP contribution >= 0.6 is 0 Å². The first kappa shape index (κ1) is 22.9. The van der Waals surface area contributed by atoms with Crippen molar-refractivity contribution in [3.63, 3.8) is 0 Å². The Bertz CT molecular complexity index is 2480. The summed E-state index contributed by atoms with van der Waals surface area (Å²) in [5.74, 6) is 4.46. The maximum absolute atomic E-state index is 5.42. The summed E-state index contributed by atoms with van der Waals surface area (Å²) in [6.45, 7) is 0. The number of aromatic nitrogens is 2. The van der Waals surface area contributed by atoms with Crippen LogP contribution < -0.4 is 11.0 Å². The molecule has 0 fully saturated rings. The van der Waals surface area contributed by atoms with Gasteiger partial charge in [-0.05, 0) is 48.5 Å². The van der Waals surface area contributed by atoms with Crippen LogP contribution in [0.1, 0.15) is 31.1 Å². The van der Waals surface area contributed by atoms with Crippen molar-refractivity contribution in [3.8, 4) is 0 Å². The zero-order valence-electron chi connectivity index (χ0n) is 21.9. The van der Waals surface area contributed by atoms with Crippen molar-refractivity contribution in [2.45, 2.75) is 13.3 Å². The predicted octanol–water partition coefficient (Wildman–Crippen LogP) is 4.21. The Morgan fingerprint density at radius 1 is 0.488 bits per heavy atom. The number of fused-ring (bicyclic) bond motifs is 12. The highest BCUT2D eigenvalue weighted by Crippen LogP contribution is 2.52. The molecule has 12 rings (SSSR count). The van der Waals surface area contributed by atoms with Gasteiger partial charge in [0.2, 0.25) is 22.6 Å². The van der Waals surface area contributed by atoms with E-state index in [1.807, 2.05) is 0 Å². The van der Waals surface area contributed by atoms with Crippen LogP contribution in [-0.2, 0) is 5.91 Å². The first-order valence-corrected chi connectivity index (χ1v) is 13.8. The SMILES string of the molecule is C.[2HH].[B].c1ccc2c(c1)C1=Nc3c4ccccc4c4n3C35n6c(c7ccccc7c6=NC6=[N+]3C(=N4)c3ccccc36)=NC2=[N+]15. The first-order valence-electron chi connectivity index (χ1n) is 13.8. The molecule has 43 heavy (non-hydrogen) atoms. The van der Waals surface area contributed by atoms with Crippen LogP contribution in [0.4, 0.5) is 11.6 Å². The predicted molar refractivity (Wildman–Crippen MR) is 168 cm³/mol. The van der Waals surface area contributed by atoms with E-state index in [4.69, 9.17) is 20.0 Å². The molecule has 0 unspecified atom stereocenters. The number of rotatable bonds is 0. The second-order valence-corrected chi connectivity index (χ2v) is 11.2. The lowest BCUT2D eigenvalue weighted by molar-refractivity contribution is -0.790. The van der Waals surface area contributed by atoms with Gasteiger partial charge in [0.15, 0.2) is 0 Å². The number of amidine groups is 4. The molecule has 0 saturated heterocycles. The van der Waals surface area contributed by atoms with Gasteiger partial charge < -0.3 is 0 Å². The number of aliphatic imine (C=N–C) groups is 2. The fraction of sp³-hybridized carbons (Fsp3) is 0.0588. The molecule has 0 saturated carbocycles. The molecule has 6 aliphatic heterocycles. The zero-order valence-corrected chi connectivity index (χ0v) is 21.9. The van der Waals surface area contributed by atoms with Gasteiger partial charge in [0.25, 0.3) is 23.3 Å². The van der Waals surface area contributed by atoms with E-state index in [-0.39, 0.29) is 17.3 Å². The Kier molecular flexibility index (Phi) is 3.74. The lowest BCUT2D eigenvalue weighted by Crippen LogP contribution is -2.71. The van der Waals surface area contributed by atoms with Crippen molar-refractivity contribution >= 4 is 64.9 Å². The molecule has 6 aromatic rings. The Hall–Kier alpha value is -5.70. The maximum atomic E-state index is 5.42. The fourth-order valence-corrected chi connectivity index (χ4v) is 7.88. The molecule has 0 amide bonds. The minimum atomic E-state index is -0.923. The topological polar surface area (TPSA) is 65.3 Å². The van der Waals surface area contributed by atoms with Crippen molar-refractivity contribution in [3.05, 3.63) is 130 Å². The van der Waals surface area contributed by atoms with Gasteiger partial charge in [-0.2, -0.15) is 9.13 Å². The highest BCUT2D eigenvalue weighted by atomic mass is 15.7. The van der Waals surface area contributed by atoms with Crippen LogP contribution in [-0.4, -0.2) is 50.0 Å². The van der Waals surface area contributed by atoms with Gasteiger partial charge in [-0.3, -0.25) is 0 Å². The molecule has 9 heteroatoms. The Balaban J connectivity index is 0.000000901. The Morgan fingerprint density at radius 2 is 0.884 bits per heavy atom. The Morgan fingerprint density at radius 3 is 1.35 bits per heavy atom. The summed E-state index contributed by atoms with van der Waals surface area (Å²) in [4.78, 5) is 21.7. The van der Waals surface area contributed by atoms with Crippen LogP contribution in [0.3, 0.4) is 0 Å². The minimum Gasteiger partial charge on any atom is -0.192 e. The van der Waals surface area contributed by atoms with E-state index in [0.717, 1.165) is 89.8 Å². The van der Waals surface area contributed by atoms with Gasteiger partial charge in [-0.1, -0.05) is 75.9 Å². The average molecular weight is 554 g/mol. The van der Waals surface area contributed by atoms with E-state index in [1.165, 1.54) is 0 Å². The summed E-state index contributed by atoms with van der Waals surface area (Å²) in [7, 11) is 0. The summed E-state index contributed by atoms with van der Waals surface area (Å²) < 4.78 is 9.32. The van der Waals surface area contributed by atoms with Crippen molar-refractivity contribution in [1.82, 2.24) is 9.13 Å². The van der Waals surface area contributed by atoms with Gasteiger partial charge in [0, 0.05) is 31.4 Å². The summed E-state index contributed by atoms with van der Waals surface area (Å²) in [5, 5.41) is 4.33. The quantitative estimate of drug-likeness (QED) is 0.200. The van der Waals surface area contributed by atoms with Crippen LogP contribution in [0.2, 0.25) is 0 Å². The molecule has 3 radical (unpaired) electrons. The smallest absolute Gasteiger partial charge is 0.192 e. The standard InChI is InChI=1S/C33H16N8.CH4.B.H2/c1-2-10-18-17(9-1)25-34-27-19-11-3-4-12-20(19)29-36-31-23-15-7-8-16-24(23)32-37-30-22-14-6-5-13-21(22)28-35-26(18)38(25)33(39(27)29,40(28)30)41(31)32;;;/h1-16H;1H4;;1H/q+2;;;/i;;;1+1. The van der Waals surface area contributed by atoms with Gasteiger partial charge in [-0.15, -0.1) is 9.15 Å². The molecule has 0 N–H and O–H groups in total. The molecule has 199 valence electrons. The van der Waals surface area contributed by atoms with Crippen LogP contribution in [0.15, 0.2) is 117 Å².